The van der Waals surface area contributed by atoms with Gasteiger partial charge in [0.2, 0.25) is 5.91 Å². The van der Waals surface area contributed by atoms with Gasteiger partial charge in [-0.15, -0.1) is 0 Å². The molecule has 6 heteroatoms. The molecular formula is C19H23N3O3. The Bertz CT molecular complexity index is 685. The van der Waals surface area contributed by atoms with Crippen LogP contribution in [0.5, 0.6) is 11.8 Å². The second-order valence-corrected chi connectivity index (χ2v) is 6.18. The predicted molar refractivity (Wildman–Crippen MR) is 93.5 cm³/mol. The van der Waals surface area contributed by atoms with Gasteiger partial charge in [0.25, 0.3) is 0 Å². The summed E-state index contributed by atoms with van der Waals surface area (Å²) in [6.45, 7) is 0. The highest BCUT2D eigenvalue weighted by Crippen LogP contribution is 2.23. The van der Waals surface area contributed by atoms with Gasteiger partial charge in [-0.3, -0.25) is 4.79 Å². The summed E-state index contributed by atoms with van der Waals surface area (Å²) in [4.78, 5) is 20.5. The number of hydrogen-bond donors (Lipinski definition) is 1. The largest absolute Gasteiger partial charge is 0.496 e. The second kappa shape index (κ2) is 8.46. The quantitative estimate of drug-likeness (QED) is 0.874. The van der Waals surface area contributed by atoms with Gasteiger partial charge in [-0.05, 0) is 37.8 Å². The molecular weight excluding hydrogens is 318 g/mol. The van der Waals surface area contributed by atoms with Crippen molar-refractivity contribution in [2.75, 3.05) is 7.11 Å². The minimum absolute atomic E-state index is 0.0280. The Hall–Kier alpha value is -2.63. The van der Waals surface area contributed by atoms with Crippen molar-refractivity contribution >= 4 is 5.91 Å². The molecule has 0 aliphatic heterocycles. The van der Waals surface area contributed by atoms with Gasteiger partial charge in [0.05, 0.1) is 13.5 Å². The van der Waals surface area contributed by atoms with E-state index >= 15 is 0 Å². The molecule has 1 aromatic heterocycles. The smallest absolute Gasteiger partial charge is 0.316 e. The monoisotopic (exact) mass is 341 g/mol. The van der Waals surface area contributed by atoms with E-state index in [1.807, 2.05) is 24.3 Å². The van der Waals surface area contributed by atoms with Crippen molar-refractivity contribution in [3.63, 3.8) is 0 Å². The number of amides is 1. The van der Waals surface area contributed by atoms with Crippen molar-refractivity contribution < 1.29 is 14.3 Å². The van der Waals surface area contributed by atoms with Crippen LogP contribution in [0.2, 0.25) is 0 Å². The van der Waals surface area contributed by atoms with Crippen LogP contribution in [-0.4, -0.2) is 35.1 Å². The first-order chi connectivity index (χ1) is 12.2. The highest BCUT2D eigenvalue weighted by Gasteiger charge is 2.24. The lowest BCUT2D eigenvalue weighted by Crippen LogP contribution is -2.40. The molecule has 0 radical (unpaired) electrons. The van der Waals surface area contributed by atoms with Gasteiger partial charge in [-0.2, -0.15) is 0 Å². The zero-order valence-corrected chi connectivity index (χ0v) is 14.4. The Morgan fingerprint density at radius 2 is 1.84 bits per heavy atom. The normalized spacial score (nSPS) is 19.9. The molecule has 1 N–H and O–H groups in total. The Balaban J connectivity index is 1.45. The number of hydrogen-bond acceptors (Lipinski definition) is 5. The Kier molecular flexibility index (Phi) is 5.82. The summed E-state index contributed by atoms with van der Waals surface area (Å²) in [5.41, 5.74) is 0.903. The lowest BCUT2D eigenvalue weighted by Gasteiger charge is -2.28. The molecule has 132 valence electrons. The molecule has 0 spiro atoms. The van der Waals surface area contributed by atoms with E-state index in [0.717, 1.165) is 37.0 Å². The standard InChI is InChI=1S/C19H23N3O3/c1-24-17-6-3-2-5-14(17)13-18(23)22-15-7-9-16(10-8-15)25-19-20-11-4-12-21-19/h2-6,11-12,15-16H,7-10,13H2,1H3,(H,22,23). The molecule has 2 aromatic rings. The fourth-order valence-electron chi connectivity index (χ4n) is 3.12. The fourth-order valence-corrected chi connectivity index (χ4v) is 3.12. The summed E-state index contributed by atoms with van der Waals surface area (Å²) in [6, 6.07) is 9.99. The molecule has 1 amide bonds. The summed E-state index contributed by atoms with van der Waals surface area (Å²) >= 11 is 0. The van der Waals surface area contributed by atoms with E-state index in [0.29, 0.717) is 12.4 Å². The molecule has 25 heavy (non-hydrogen) atoms. The van der Waals surface area contributed by atoms with Gasteiger partial charge in [0.15, 0.2) is 0 Å². The molecule has 1 heterocycles. The summed E-state index contributed by atoms with van der Waals surface area (Å²) in [7, 11) is 1.62. The number of nitrogens with one attached hydrogen (secondary N) is 1. The minimum atomic E-state index is 0.0280. The van der Waals surface area contributed by atoms with Gasteiger partial charge in [-0.1, -0.05) is 18.2 Å². The van der Waals surface area contributed by atoms with Gasteiger partial charge in [0.1, 0.15) is 11.9 Å². The van der Waals surface area contributed by atoms with Crippen molar-refractivity contribution in [2.45, 2.75) is 44.2 Å². The number of carbonyl (C=O) groups is 1. The summed E-state index contributed by atoms with van der Waals surface area (Å²) in [5.74, 6) is 0.776. The maximum Gasteiger partial charge on any atom is 0.316 e. The van der Waals surface area contributed by atoms with Crippen molar-refractivity contribution in [3.05, 3.63) is 48.3 Å². The highest BCUT2D eigenvalue weighted by molar-refractivity contribution is 5.79. The van der Waals surface area contributed by atoms with Crippen LogP contribution < -0.4 is 14.8 Å². The number of para-hydroxylation sites is 1. The topological polar surface area (TPSA) is 73.3 Å². The van der Waals surface area contributed by atoms with Gasteiger partial charge >= 0.3 is 6.01 Å². The molecule has 6 nitrogen and oxygen atoms in total. The van der Waals surface area contributed by atoms with Crippen LogP contribution in [0.1, 0.15) is 31.2 Å². The lowest BCUT2D eigenvalue weighted by molar-refractivity contribution is -0.121. The van der Waals surface area contributed by atoms with E-state index < -0.39 is 0 Å². The third-order valence-electron chi connectivity index (χ3n) is 4.40. The first-order valence-corrected chi connectivity index (χ1v) is 8.59. The molecule has 0 unspecified atom stereocenters. The molecule has 3 rings (SSSR count). The van der Waals surface area contributed by atoms with Crippen molar-refractivity contribution in [1.82, 2.24) is 15.3 Å². The van der Waals surface area contributed by atoms with E-state index in [9.17, 15) is 4.79 Å². The Morgan fingerprint density at radius 3 is 2.56 bits per heavy atom. The summed E-state index contributed by atoms with van der Waals surface area (Å²) in [5, 5.41) is 3.12. The molecule has 0 atom stereocenters. The number of nitrogens with zero attached hydrogens (tertiary/aromatic N) is 2. The van der Waals surface area contributed by atoms with Crippen LogP contribution in [0.4, 0.5) is 0 Å². The second-order valence-electron chi connectivity index (χ2n) is 6.18. The zero-order valence-electron chi connectivity index (χ0n) is 14.4. The van der Waals surface area contributed by atoms with E-state index in [2.05, 4.69) is 15.3 Å². The fraction of sp³-hybridized carbons (Fsp3) is 0.421. The third-order valence-corrected chi connectivity index (χ3v) is 4.40. The average Bonchev–Trinajstić information content (AvgIpc) is 2.64. The third kappa shape index (κ3) is 4.92. The zero-order chi connectivity index (χ0) is 17.5. The number of benzene rings is 1. The predicted octanol–water partition coefficient (Wildman–Crippen LogP) is 2.53. The Labute approximate surface area is 147 Å². The molecule has 0 saturated heterocycles. The first-order valence-electron chi connectivity index (χ1n) is 8.59. The lowest BCUT2D eigenvalue weighted by atomic mass is 9.92. The summed E-state index contributed by atoms with van der Waals surface area (Å²) in [6.07, 6.45) is 7.36. The van der Waals surface area contributed by atoms with E-state index in [1.165, 1.54) is 0 Å². The number of aromatic nitrogens is 2. The van der Waals surface area contributed by atoms with Crippen LogP contribution in [0.3, 0.4) is 0 Å². The van der Waals surface area contributed by atoms with Crippen LogP contribution in [-0.2, 0) is 11.2 Å². The average molecular weight is 341 g/mol. The van der Waals surface area contributed by atoms with Gasteiger partial charge < -0.3 is 14.8 Å². The number of rotatable bonds is 6. The number of carbonyl (C=O) groups excluding carboxylic acids is 1. The van der Waals surface area contributed by atoms with Crippen molar-refractivity contribution in [2.24, 2.45) is 0 Å². The van der Waals surface area contributed by atoms with Crippen LogP contribution in [0, 0.1) is 0 Å². The molecule has 1 saturated carbocycles. The molecule has 1 aromatic carbocycles. The molecule has 1 aliphatic rings. The van der Waals surface area contributed by atoms with Gasteiger partial charge in [-0.25, -0.2) is 9.97 Å². The van der Waals surface area contributed by atoms with Crippen molar-refractivity contribution in [3.8, 4) is 11.8 Å². The van der Waals surface area contributed by atoms with E-state index in [1.54, 1.807) is 25.6 Å². The number of methoxy groups -OCH3 is 1. The van der Waals surface area contributed by atoms with Gasteiger partial charge in [0, 0.05) is 24.0 Å². The Morgan fingerprint density at radius 1 is 1.12 bits per heavy atom. The SMILES string of the molecule is COc1ccccc1CC(=O)NC1CCC(Oc2ncccn2)CC1. The van der Waals surface area contributed by atoms with Crippen LogP contribution in [0.15, 0.2) is 42.7 Å². The van der Waals surface area contributed by atoms with E-state index in [-0.39, 0.29) is 18.1 Å². The van der Waals surface area contributed by atoms with Crippen molar-refractivity contribution in [1.29, 1.82) is 0 Å². The first kappa shape index (κ1) is 17.2. The molecule has 0 bridgehead atoms. The highest BCUT2D eigenvalue weighted by atomic mass is 16.5. The molecule has 1 fully saturated rings. The van der Waals surface area contributed by atoms with Crippen LogP contribution in [0.25, 0.3) is 0 Å². The minimum Gasteiger partial charge on any atom is -0.496 e. The summed E-state index contributed by atoms with van der Waals surface area (Å²) < 4.78 is 11.1. The number of ether oxygens (including phenoxy) is 2. The maximum atomic E-state index is 12.3. The van der Waals surface area contributed by atoms with Crippen LogP contribution >= 0.6 is 0 Å². The molecule has 1 aliphatic carbocycles. The maximum absolute atomic E-state index is 12.3. The van der Waals surface area contributed by atoms with E-state index in [4.69, 9.17) is 9.47 Å².